The Kier molecular flexibility index (Phi) is 10.0. The van der Waals surface area contributed by atoms with Gasteiger partial charge in [0, 0.05) is 45.5 Å². The number of hydrogen-bond acceptors (Lipinski definition) is 5. The molecule has 0 aromatic heterocycles. The number of nitrogens with zero attached hydrogens (tertiary/aromatic N) is 3. The first kappa shape index (κ1) is 24.9. The largest absolute Gasteiger partial charge is 0.497 e. The molecule has 0 radical (unpaired) electrons. The quantitative estimate of drug-likeness (QED) is 0.331. The van der Waals surface area contributed by atoms with Crippen LogP contribution in [0.1, 0.15) is 5.56 Å². The minimum absolute atomic E-state index is 0. The summed E-state index contributed by atoms with van der Waals surface area (Å²) in [7, 11) is 6.90. The van der Waals surface area contributed by atoms with Gasteiger partial charge in [0.05, 0.1) is 21.3 Å². The predicted molar refractivity (Wildman–Crippen MR) is 137 cm³/mol. The van der Waals surface area contributed by atoms with Gasteiger partial charge in [-0.15, -0.1) is 24.0 Å². The summed E-state index contributed by atoms with van der Waals surface area (Å²) in [4.78, 5) is 9.18. The van der Waals surface area contributed by atoms with E-state index in [9.17, 15) is 0 Å². The molecule has 0 aliphatic carbocycles. The lowest BCUT2D eigenvalue weighted by Gasteiger charge is -2.37. The number of benzene rings is 2. The lowest BCUT2D eigenvalue weighted by Crippen LogP contribution is -2.52. The number of ether oxygens (including phenoxy) is 3. The van der Waals surface area contributed by atoms with E-state index in [1.165, 1.54) is 5.69 Å². The zero-order valence-corrected chi connectivity index (χ0v) is 21.1. The van der Waals surface area contributed by atoms with Crippen LogP contribution >= 0.6 is 24.0 Å². The van der Waals surface area contributed by atoms with Crippen LogP contribution in [0.2, 0.25) is 0 Å². The molecule has 1 aliphatic rings. The first-order valence-corrected chi connectivity index (χ1v) is 10.2. The molecule has 1 fully saturated rings. The van der Waals surface area contributed by atoms with E-state index in [1.54, 1.807) is 21.3 Å². The number of guanidine groups is 1. The van der Waals surface area contributed by atoms with Gasteiger partial charge in [-0.05, 0) is 54.4 Å². The molecule has 3 rings (SSSR count). The van der Waals surface area contributed by atoms with Gasteiger partial charge >= 0.3 is 0 Å². The summed E-state index contributed by atoms with van der Waals surface area (Å²) >= 11 is 0. The molecule has 0 unspecified atom stereocenters. The van der Waals surface area contributed by atoms with E-state index in [4.69, 9.17) is 14.2 Å². The first-order valence-electron chi connectivity index (χ1n) is 10.2. The van der Waals surface area contributed by atoms with Crippen LogP contribution in [0.3, 0.4) is 0 Å². The Hall–Kier alpha value is -2.36. The van der Waals surface area contributed by atoms with Gasteiger partial charge < -0.3 is 29.3 Å². The Morgan fingerprint density at radius 3 is 2.13 bits per heavy atom. The summed E-state index contributed by atoms with van der Waals surface area (Å²) in [5.41, 5.74) is 2.34. The van der Waals surface area contributed by atoms with Crippen molar-refractivity contribution in [1.29, 1.82) is 0 Å². The Morgan fingerprint density at radius 1 is 0.903 bits per heavy atom. The van der Waals surface area contributed by atoms with Gasteiger partial charge in [0.1, 0.15) is 17.2 Å². The van der Waals surface area contributed by atoms with Crippen LogP contribution in [0.4, 0.5) is 5.69 Å². The lowest BCUT2D eigenvalue weighted by atomic mass is 10.1. The predicted octanol–water partition coefficient (Wildman–Crippen LogP) is 3.27. The van der Waals surface area contributed by atoms with Crippen LogP contribution in [0, 0.1) is 0 Å². The first-order chi connectivity index (χ1) is 14.7. The molecule has 0 atom stereocenters. The van der Waals surface area contributed by atoms with Gasteiger partial charge in [0.15, 0.2) is 5.96 Å². The van der Waals surface area contributed by atoms with Crippen molar-refractivity contribution in [1.82, 2.24) is 10.2 Å². The molecule has 2 aromatic rings. The second-order valence-electron chi connectivity index (χ2n) is 7.07. The van der Waals surface area contributed by atoms with E-state index >= 15 is 0 Å². The molecule has 1 N–H and O–H groups in total. The molecular formula is C23H33IN4O3. The van der Waals surface area contributed by atoms with Gasteiger partial charge in [-0.25, -0.2) is 0 Å². The molecule has 2 aromatic carbocycles. The third kappa shape index (κ3) is 6.56. The van der Waals surface area contributed by atoms with Crippen molar-refractivity contribution in [2.45, 2.75) is 6.42 Å². The van der Waals surface area contributed by atoms with Gasteiger partial charge in [-0.1, -0.05) is 0 Å². The van der Waals surface area contributed by atoms with Crippen LogP contribution < -0.4 is 24.4 Å². The third-order valence-corrected chi connectivity index (χ3v) is 5.39. The Morgan fingerprint density at radius 2 is 1.55 bits per heavy atom. The van der Waals surface area contributed by atoms with E-state index in [0.717, 1.165) is 67.9 Å². The van der Waals surface area contributed by atoms with Crippen molar-refractivity contribution in [2.24, 2.45) is 4.99 Å². The van der Waals surface area contributed by atoms with Crippen LogP contribution in [0.25, 0.3) is 0 Å². The average Bonchev–Trinajstić information content (AvgIpc) is 2.82. The van der Waals surface area contributed by atoms with E-state index < -0.39 is 0 Å². The number of hydrogen-bond donors (Lipinski definition) is 1. The number of anilines is 1. The number of halogens is 1. The maximum atomic E-state index is 5.48. The second kappa shape index (κ2) is 12.5. The van der Waals surface area contributed by atoms with Crippen molar-refractivity contribution >= 4 is 35.6 Å². The van der Waals surface area contributed by atoms with Gasteiger partial charge in [0.2, 0.25) is 0 Å². The van der Waals surface area contributed by atoms with Crippen molar-refractivity contribution in [3.8, 4) is 17.2 Å². The summed E-state index contributed by atoms with van der Waals surface area (Å²) in [6.45, 7) is 4.53. The second-order valence-corrected chi connectivity index (χ2v) is 7.07. The normalized spacial score (nSPS) is 14.0. The minimum atomic E-state index is 0. The zero-order chi connectivity index (χ0) is 21.3. The Labute approximate surface area is 202 Å². The average molecular weight is 540 g/mol. The molecule has 1 heterocycles. The number of methoxy groups -OCH3 is 3. The fourth-order valence-electron chi connectivity index (χ4n) is 3.69. The highest BCUT2D eigenvalue weighted by molar-refractivity contribution is 14.0. The fraction of sp³-hybridized carbons (Fsp3) is 0.435. The van der Waals surface area contributed by atoms with Crippen LogP contribution in [-0.4, -0.2) is 72.0 Å². The summed E-state index contributed by atoms with van der Waals surface area (Å²) < 4.78 is 16.1. The van der Waals surface area contributed by atoms with Crippen molar-refractivity contribution in [3.63, 3.8) is 0 Å². The van der Waals surface area contributed by atoms with E-state index in [-0.39, 0.29) is 24.0 Å². The molecule has 0 spiro atoms. The van der Waals surface area contributed by atoms with Crippen LogP contribution in [-0.2, 0) is 6.42 Å². The Bertz CT molecular complexity index is 837. The molecule has 31 heavy (non-hydrogen) atoms. The van der Waals surface area contributed by atoms with Gasteiger partial charge in [-0.2, -0.15) is 0 Å². The summed E-state index contributed by atoms with van der Waals surface area (Å²) in [6.07, 6.45) is 0.825. The standard InChI is InChI=1S/C23H32N4O3.HI/c1-24-23(25-12-11-18-17-21(29-3)9-10-22(18)30-4)27-15-13-26(14-16-27)19-5-7-20(28-2)8-6-19;/h5-10,17H,11-16H2,1-4H3,(H,24,25);1H. The zero-order valence-electron chi connectivity index (χ0n) is 18.8. The molecule has 170 valence electrons. The number of piperazine rings is 1. The van der Waals surface area contributed by atoms with Crippen molar-refractivity contribution < 1.29 is 14.2 Å². The number of rotatable bonds is 7. The van der Waals surface area contributed by atoms with Crippen molar-refractivity contribution in [2.75, 3.05) is 66.0 Å². The molecule has 7 nitrogen and oxygen atoms in total. The number of aliphatic imine (C=N–C) groups is 1. The molecule has 1 saturated heterocycles. The molecular weight excluding hydrogens is 507 g/mol. The summed E-state index contributed by atoms with van der Waals surface area (Å²) in [6, 6.07) is 14.1. The van der Waals surface area contributed by atoms with E-state index in [2.05, 4.69) is 32.2 Å². The molecule has 1 aliphatic heterocycles. The minimum Gasteiger partial charge on any atom is -0.497 e. The molecule has 8 heteroatoms. The van der Waals surface area contributed by atoms with E-state index in [0.29, 0.717) is 0 Å². The lowest BCUT2D eigenvalue weighted by molar-refractivity contribution is 0.372. The highest BCUT2D eigenvalue weighted by Crippen LogP contribution is 2.24. The third-order valence-electron chi connectivity index (χ3n) is 5.39. The molecule has 0 amide bonds. The highest BCUT2D eigenvalue weighted by atomic mass is 127. The monoisotopic (exact) mass is 540 g/mol. The maximum Gasteiger partial charge on any atom is 0.193 e. The van der Waals surface area contributed by atoms with Gasteiger partial charge in [0.25, 0.3) is 0 Å². The van der Waals surface area contributed by atoms with Gasteiger partial charge in [-0.3, -0.25) is 4.99 Å². The topological polar surface area (TPSA) is 58.6 Å². The fourth-order valence-corrected chi connectivity index (χ4v) is 3.69. The van der Waals surface area contributed by atoms with Crippen molar-refractivity contribution in [3.05, 3.63) is 48.0 Å². The van der Waals surface area contributed by atoms with Crippen LogP contribution in [0.15, 0.2) is 47.5 Å². The molecule has 0 bridgehead atoms. The summed E-state index contributed by atoms with van der Waals surface area (Å²) in [5.74, 6) is 3.53. The van der Waals surface area contributed by atoms with Crippen LogP contribution in [0.5, 0.6) is 17.2 Å². The number of nitrogens with one attached hydrogen (secondary N) is 1. The SMILES string of the molecule is CN=C(NCCc1cc(OC)ccc1OC)N1CCN(c2ccc(OC)cc2)CC1.I. The Balaban J connectivity index is 0.00000341. The molecule has 0 saturated carbocycles. The summed E-state index contributed by atoms with van der Waals surface area (Å²) in [5, 5.41) is 3.49. The van der Waals surface area contributed by atoms with E-state index in [1.807, 2.05) is 37.4 Å². The smallest absolute Gasteiger partial charge is 0.193 e. The maximum absolute atomic E-state index is 5.48. The highest BCUT2D eigenvalue weighted by Gasteiger charge is 2.20.